The number of nitrogens with zero attached hydrogens (tertiary/aromatic N) is 2. The first-order valence-corrected chi connectivity index (χ1v) is 11.8. The fourth-order valence-corrected chi connectivity index (χ4v) is 5.07. The third-order valence-corrected chi connectivity index (χ3v) is 7.22. The maximum Gasteiger partial charge on any atom is 0.0920 e. The van der Waals surface area contributed by atoms with E-state index in [1.807, 2.05) is 48.7 Å². The average Bonchev–Trinajstić information content (AvgIpc) is 2.85. The van der Waals surface area contributed by atoms with E-state index in [0.717, 1.165) is 56.6 Å². The van der Waals surface area contributed by atoms with E-state index in [4.69, 9.17) is 17.3 Å². The Morgan fingerprint density at radius 3 is 2.28 bits per heavy atom. The predicted octanol–water partition coefficient (Wildman–Crippen LogP) is 4.74. The van der Waals surface area contributed by atoms with Gasteiger partial charge in [-0.1, -0.05) is 60.1 Å². The molecule has 0 saturated carbocycles. The lowest BCUT2D eigenvalue weighted by Crippen LogP contribution is -2.43. The van der Waals surface area contributed by atoms with E-state index in [-0.39, 0.29) is 5.41 Å². The summed E-state index contributed by atoms with van der Waals surface area (Å²) in [6.45, 7) is 3.26. The fourth-order valence-electron chi connectivity index (χ4n) is 4.95. The van der Waals surface area contributed by atoms with E-state index in [2.05, 4.69) is 40.2 Å². The van der Waals surface area contributed by atoms with E-state index in [9.17, 15) is 5.11 Å². The number of halogens is 1. The molecule has 1 saturated heterocycles. The Morgan fingerprint density at radius 2 is 1.66 bits per heavy atom. The summed E-state index contributed by atoms with van der Waals surface area (Å²) in [6.07, 6.45) is 5.26. The standard InChI is InChI=1S/C27H32ClN3O/c28-24-12-10-23(11-13-24)27(32)15-19-31(20-16-27)18-6-14-26(21-29,22-7-2-1-3-8-22)25-9-4-5-17-30-25/h1-5,7-13,17,32H,6,14-16,18-21,29H2. The first-order valence-electron chi connectivity index (χ1n) is 11.4. The van der Waals surface area contributed by atoms with Crippen molar-refractivity contribution < 1.29 is 5.11 Å². The normalized spacial score (nSPS) is 18.2. The Hall–Kier alpha value is -2.24. The molecule has 1 fully saturated rings. The van der Waals surface area contributed by atoms with E-state index >= 15 is 0 Å². The van der Waals surface area contributed by atoms with Crippen molar-refractivity contribution in [2.24, 2.45) is 5.73 Å². The molecule has 2 aromatic carbocycles. The summed E-state index contributed by atoms with van der Waals surface area (Å²) in [5.74, 6) is 0. The van der Waals surface area contributed by atoms with Crippen LogP contribution in [0, 0.1) is 0 Å². The second-order valence-electron chi connectivity index (χ2n) is 8.85. The Kier molecular flexibility index (Phi) is 7.27. The quantitative estimate of drug-likeness (QED) is 0.521. The van der Waals surface area contributed by atoms with Crippen LogP contribution >= 0.6 is 11.6 Å². The van der Waals surface area contributed by atoms with E-state index < -0.39 is 5.60 Å². The number of pyridine rings is 1. The molecule has 3 N–H and O–H groups in total. The molecule has 168 valence electrons. The van der Waals surface area contributed by atoms with Crippen molar-refractivity contribution in [2.45, 2.75) is 36.7 Å². The van der Waals surface area contributed by atoms with Crippen LogP contribution in [0.1, 0.15) is 42.5 Å². The SMILES string of the molecule is NCC(CCCN1CCC(O)(c2ccc(Cl)cc2)CC1)(c1ccccc1)c1ccccn1. The molecule has 1 aliphatic heterocycles. The number of rotatable bonds is 8. The predicted molar refractivity (Wildman–Crippen MR) is 131 cm³/mol. The number of benzene rings is 2. The minimum atomic E-state index is -0.764. The number of aromatic nitrogens is 1. The Morgan fingerprint density at radius 1 is 0.969 bits per heavy atom. The molecule has 0 amide bonds. The first-order chi connectivity index (χ1) is 15.6. The number of hydrogen-bond donors (Lipinski definition) is 2. The van der Waals surface area contributed by atoms with Gasteiger partial charge in [-0.3, -0.25) is 4.98 Å². The lowest BCUT2D eigenvalue weighted by molar-refractivity contribution is -0.0262. The highest BCUT2D eigenvalue weighted by Gasteiger charge is 2.36. The van der Waals surface area contributed by atoms with Gasteiger partial charge in [0.2, 0.25) is 0 Å². The molecular weight excluding hydrogens is 418 g/mol. The molecule has 32 heavy (non-hydrogen) atoms. The largest absolute Gasteiger partial charge is 0.385 e. The molecular formula is C27H32ClN3O. The van der Waals surface area contributed by atoms with Gasteiger partial charge in [0.1, 0.15) is 0 Å². The topological polar surface area (TPSA) is 62.4 Å². The van der Waals surface area contributed by atoms with Gasteiger partial charge in [0.15, 0.2) is 0 Å². The van der Waals surface area contributed by atoms with Crippen LogP contribution in [0.4, 0.5) is 0 Å². The molecule has 1 atom stereocenters. The van der Waals surface area contributed by atoms with Crippen LogP contribution < -0.4 is 5.73 Å². The molecule has 5 heteroatoms. The first kappa shape index (κ1) is 22.9. The summed E-state index contributed by atoms with van der Waals surface area (Å²) in [4.78, 5) is 7.14. The minimum absolute atomic E-state index is 0.289. The number of likely N-dealkylation sites (tertiary alicyclic amines) is 1. The fraction of sp³-hybridized carbons (Fsp3) is 0.370. The molecule has 4 nitrogen and oxygen atoms in total. The van der Waals surface area contributed by atoms with Gasteiger partial charge < -0.3 is 15.7 Å². The number of aliphatic hydroxyl groups is 1. The summed E-state index contributed by atoms with van der Waals surface area (Å²) in [6, 6.07) is 24.2. The highest BCUT2D eigenvalue weighted by Crippen LogP contribution is 2.36. The van der Waals surface area contributed by atoms with E-state index in [1.165, 1.54) is 5.56 Å². The number of nitrogens with two attached hydrogens (primary N) is 1. The van der Waals surface area contributed by atoms with Gasteiger partial charge >= 0.3 is 0 Å². The number of hydrogen-bond acceptors (Lipinski definition) is 4. The van der Waals surface area contributed by atoms with Crippen molar-refractivity contribution in [3.8, 4) is 0 Å². The second kappa shape index (κ2) is 10.1. The highest BCUT2D eigenvalue weighted by molar-refractivity contribution is 6.30. The third kappa shape index (κ3) is 4.89. The third-order valence-electron chi connectivity index (χ3n) is 6.97. The Bertz CT molecular complexity index is 931. The zero-order valence-corrected chi connectivity index (χ0v) is 19.2. The summed E-state index contributed by atoms with van der Waals surface area (Å²) in [5, 5.41) is 11.8. The maximum absolute atomic E-state index is 11.1. The molecule has 0 bridgehead atoms. The van der Waals surface area contributed by atoms with Crippen LogP contribution in [-0.4, -0.2) is 41.2 Å². The van der Waals surface area contributed by atoms with Gasteiger partial charge in [0.05, 0.1) is 11.3 Å². The van der Waals surface area contributed by atoms with Crippen LogP contribution in [0.25, 0.3) is 0 Å². The molecule has 0 aliphatic carbocycles. The zero-order chi connectivity index (χ0) is 22.4. The lowest BCUT2D eigenvalue weighted by Gasteiger charge is -2.39. The maximum atomic E-state index is 11.1. The van der Waals surface area contributed by atoms with Crippen LogP contribution in [0.5, 0.6) is 0 Å². The van der Waals surface area contributed by atoms with Crippen molar-refractivity contribution in [3.63, 3.8) is 0 Å². The lowest BCUT2D eigenvalue weighted by atomic mass is 9.73. The molecule has 3 aromatic rings. The van der Waals surface area contributed by atoms with Crippen molar-refractivity contribution in [2.75, 3.05) is 26.2 Å². The molecule has 0 radical (unpaired) electrons. The molecule has 4 rings (SSSR count). The van der Waals surface area contributed by atoms with Gasteiger partial charge in [0, 0.05) is 36.3 Å². The molecule has 0 spiro atoms. The number of piperidine rings is 1. The van der Waals surface area contributed by atoms with Crippen LogP contribution in [0.2, 0.25) is 5.02 Å². The monoisotopic (exact) mass is 449 g/mol. The van der Waals surface area contributed by atoms with Crippen LogP contribution in [0.3, 0.4) is 0 Å². The van der Waals surface area contributed by atoms with Gasteiger partial charge in [-0.05, 0) is 67.6 Å². The Labute approximate surface area is 196 Å². The summed E-state index contributed by atoms with van der Waals surface area (Å²) in [5.41, 5.74) is 8.56. The summed E-state index contributed by atoms with van der Waals surface area (Å²) in [7, 11) is 0. The van der Waals surface area contributed by atoms with Gasteiger partial charge in [-0.25, -0.2) is 0 Å². The average molecular weight is 450 g/mol. The van der Waals surface area contributed by atoms with Gasteiger partial charge in [0.25, 0.3) is 0 Å². The minimum Gasteiger partial charge on any atom is -0.385 e. The van der Waals surface area contributed by atoms with Crippen LogP contribution in [-0.2, 0) is 11.0 Å². The van der Waals surface area contributed by atoms with E-state index in [1.54, 1.807) is 0 Å². The molecule has 1 aromatic heterocycles. The molecule has 2 heterocycles. The second-order valence-corrected chi connectivity index (χ2v) is 9.29. The van der Waals surface area contributed by atoms with Gasteiger partial charge in [-0.2, -0.15) is 0 Å². The van der Waals surface area contributed by atoms with Crippen molar-refractivity contribution in [3.05, 3.63) is 101 Å². The van der Waals surface area contributed by atoms with Crippen molar-refractivity contribution in [1.29, 1.82) is 0 Å². The zero-order valence-electron chi connectivity index (χ0n) is 18.5. The summed E-state index contributed by atoms with van der Waals surface area (Å²) >= 11 is 6.01. The van der Waals surface area contributed by atoms with Crippen LogP contribution in [0.15, 0.2) is 79.0 Å². The molecule has 1 unspecified atom stereocenters. The van der Waals surface area contributed by atoms with Gasteiger partial charge in [-0.15, -0.1) is 0 Å². The highest BCUT2D eigenvalue weighted by atomic mass is 35.5. The Balaban J connectivity index is 1.40. The summed E-state index contributed by atoms with van der Waals surface area (Å²) < 4.78 is 0. The van der Waals surface area contributed by atoms with Crippen molar-refractivity contribution in [1.82, 2.24) is 9.88 Å². The molecule has 1 aliphatic rings. The van der Waals surface area contributed by atoms with E-state index in [0.29, 0.717) is 11.6 Å². The smallest absolute Gasteiger partial charge is 0.0920 e. The van der Waals surface area contributed by atoms with Crippen molar-refractivity contribution >= 4 is 11.6 Å².